The molecule has 328 valence electrons. The number of hydrogen-bond donors (Lipinski definition) is 1. The van der Waals surface area contributed by atoms with Crippen molar-refractivity contribution >= 4 is 11.0 Å². The SMILES string of the molecule is [2H]C([2H])([2H])c1ccc(-c2ccnc(-c3[c-]c(-c4cccc5c4nc(-c4cc(C)cc(C)c4O)n5-c4cc(C([2H])([2H])[2H])c(-c5ccc(C(C)(C)C)cc5)cc4-c4ccccc4)cc(C(C)(C)C)c3)c2)cc1.[Pt]. The van der Waals surface area contributed by atoms with Crippen molar-refractivity contribution in [3.05, 3.63) is 191 Å². The summed E-state index contributed by atoms with van der Waals surface area (Å²) in [5.74, 6) is 0.535. The van der Waals surface area contributed by atoms with E-state index in [0.29, 0.717) is 44.9 Å². The minimum absolute atomic E-state index is 0. The number of benzene rings is 7. The first-order chi connectivity index (χ1) is 33.0. The standard InChI is InChI=1S/C60H56N3O.Pt/c1-37-19-21-41(22-20-37)44-27-28-61-53(35-44)46-32-45(33-48(34-46)60(8,9)10)49-17-14-18-54-56(49)62-58(52-30-38(2)29-40(4)57(52)64)63(54)55-31-39(3)50(36-51(55)42-15-12-11-13-16-42)43-23-25-47(26-24-43)59(5,6)7;/h11-31,33-36,64H,1-10H3;/q-1;/i1D3,3D3;. The minimum Gasteiger partial charge on any atom is -0.507 e. The summed E-state index contributed by atoms with van der Waals surface area (Å²) >= 11 is 0. The maximum atomic E-state index is 12.0. The molecular formula is C60H56N3OPt-. The van der Waals surface area contributed by atoms with Crippen molar-refractivity contribution in [3.8, 4) is 78.6 Å². The van der Waals surface area contributed by atoms with Gasteiger partial charge in [-0.25, -0.2) is 4.98 Å². The zero-order chi connectivity index (χ0) is 50.1. The van der Waals surface area contributed by atoms with Gasteiger partial charge in [0.05, 0.1) is 22.3 Å². The molecule has 0 atom stereocenters. The summed E-state index contributed by atoms with van der Waals surface area (Å²) in [6.45, 7) is 12.1. The molecule has 2 aromatic heterocycles. The molecule has 4 nitrogen and oxygen atoms in total. The van der Waals surface area contributed by atoms with Gasteiger partial charge in [0, 0.05) is 46.7 Å². The fourth-order valence-electron chi connectivity index (χ4n) is 8.59. The zero-order valence-electron chi connectivity index (χ0n) is 44.0. The van der Waals surface area contributed by atoms with Crippen LogP contribution in [0.5, 0.6) is 5.75 Å². The van der Waals surface area contributed by atoms with E-state index in [4.69, 9.17) is 18.2 Å². The molecule has 65 heavy (non-hydrogen) atoms. The van der Waals surface area contributed by atoms with E-state index in [-0.39, 0.29) is 48.8 Å². The average molecular weight is 1040 g/mol. The molecule has 0 aliphatic heterocycles. The fourth-order valence-corrected chi connectivity index (χ4v) is 8.59. The van der Waals surface area contributed by atoms with Crippen molar-refractivity contribution in [2.24, 2.45) is 0 Å². The molecule has 0 saturated heterocycles. The number of rotatable bonds is 7. The number of imidazole rings is 1. The molecule has 9 rings (SSSR count). The number of pyridine rings is 1. The smallest absolute Gasteiger partial charge is 0.148 e. The Balaban J connectivity index is 0.00000676. The molecular weight excluding hydrogens is 974 g/mol. The van der Waals surface area contributed by atoms with Crippen molar-refractivity contribution < 1.29 is 34.4 Å². The van der Waals surface area contributed by atoms with Gasteiger partial charge in [-0.3, -0.25) is 9.55 Å². The van der Waals surface area contributed by atoms with Crippen LogP contribution in [0.1, 0.15) is 83.1 Å². The first kappa shape index (κ1) is 38.0. The summed E-state index contributed by atoms with van der Waals surface area (Å²) in [4.78, 5) is 10.3. The van der Waals surface area contributed by atoms with Gasteiger partial charge in [-0.05, 0) is 119 Å². The number of phenols is 1. The van der Waals surface area contributed by atoms with E-state index >= 15 is 0 Å². The van der Waals surface area contributed by atoms with Crippen LogP contribution in [0.3, 0.4) is 0 Å². The Kier molecular flexibility index (Phi) is 10.3. The first-order valence-electron chi connectivity index (χ1n) is 24.8. The fraction of sp³-hybridized carbons (Fsp3) is 0.200. The number of phenolic OH excluding ortho intramolecular Hbond substituents is 1. The van der Waals surface area contributed by atoms with Crippen LogP contribution in [0.4, 0.5) is 0 Å². The summed E-state index contributed by atoms with van der Waals surface area (Å²) in [5, 5.41) is 12.0. The summed E-state index contributed by atoms with van der Waals surface area (Å²) < 4.78 is 52.6. The number of hydrogen-bond acceptors (Lipinski definition) is 3. The second kappa shape index (κ2) is 17.6. The third-order valence-corrected chi connectivity index (χ3v) is 12.2. The van der Waals surface area contributed by atoms with Gasteiger partial charge in [0.2, 0.25) is 0 Å². The van der Waals surface area contributed by atoms with Gasteiger partial charge >= 0.3 is 0 Å². The van der Waals surface area contributed by atoms with Crippen molar-refractivity contribution in [2.45, 2.75) is 79.9 Å². The van der Waals surface area contributed by atoms with Crippen LogP contribution in [-0.4, -0.2) is 19.6 Å². The van der Waals surface area contributed by atoms with Crippen LogP contribution in [0.25, 0.3) is 83.9 Å². The molecule has 0 saturated carbocycles. The van der Waals surface area contributed by atoms with Crippen molar-refractivity contribution in [2.75, 3.05) is 0 Å². The van der Waals surface area contributed by atoms with Crippen LogP contribution in [0.2, 0.25) is 0 Å². The van der Waals surface area contributed by atoms with Gasteiger partial charge in [0.15, 0.2) is 0 Å². The number of para-hydroxylation sites is 1. The number of aromatic nitrogens is 3. The molecule has 0 spiro atoms. The van der Waals surface area contributed by atoms with Crippen molar-refractivity contribution in [3.63, 3.8) is 0 Å². The quantitative estimate of drug-likeness (QED) is 0.162. The maximum Gasteiger partial charge on any atom is 0.148 e. The zero-order valence-corrected chi connectivity index (χ0v) is 40.3. The van der Waals surface area contributed by atoms with Gasteiger partial charge in [0.1, 0.15) is 11.6 Å². The van der Waals surface area contributed by atoms with Crippen LogP contribution in [0, 0.1) is 33.6 Å². The normalized spacial score (nSPS) is 13.5. The van der Waals surface area contributed by atoms with Gasteiger partial charge in [-0.15, -0.1) is 29.3 Å². The molecule has 0 fully saturated rings. The molecule has 7 aromatic carbocycles. The Morgan fingerprint density at radius 1 is 0.554 bits per heavy atom. The Morgan fingerprint density at radius 2 is 1.25 bits per heavy atom. The number of fused-ring (bicyclic) bond motifs is 1. The third-order valence-electron chi connectivity index (χ3n) is 12.2. The topological polar surface area (TPSA) is 50.9 Å². The minimum atomic E-state index is -2.50. The predicted molar refractivity (Wildman–Crippen MR) is 268 cm³/mol. The van der Waals surface area contributed by atoms with Crippen LogP contribution >= 0.6 is 0 Å². The predicted octanol–water partition coefficient (Wildman–Crippen LogP) is 15.8. The molecule has 5 heteroatoms. The van der Waals surface area contributed by atoms with E-state index in [1.54, 1.807) is 24.4 Å². The molecule has 0 radical (unpaired) electrons. The molecule has 1 N–H and O–H groups in total. The largest absolute Gasteiger partial charge is 0.507 e. The Labute approximate surface area is 407 Å². The molecule has 0 amide bonds. The maximum absolute atomic E-state index is 12.0. The van der Waals surface area contributed by atoms with Crippen LogP contribution in [-0.2, 0) is 31.9 Å². The first-order valence-corrected chi connectivity index (χ1v) is 21.8. The van der Waals surface area contributed by atoms with E-state index in [1.807, 2.05) is 122 Å². The van der Waals surface area contributed by atoms with Gasteiger partial charge in [-0.1, -0.05) is 161 Å². The van der Waals surface area contributed by atoms with Crippen LogP contribution in [0.15, 0.2) is 152 Å². The van der Waals surface area contributed by atoms with Gasteiger partial charge < -0.3 is 5.11 Å². The summed E-state index contributed by atoms with van der Waals surface area (Å²) in [6.07, 6.45) is 1.76. The van der Waals surface area contributed by atoms with Gasteiger partial charge in [-0.2, -0.15) is 0 Å². The second-order valence-corrected chi connectivity index (χ2v) is 19.0. The van der Waals surface area contributed by atoms with E-state index in [9.17, 15) is 5.11 Å². The van der Waals surface area contributed by atoms with Crippen molar-refractivity contribution in [1.82, 2.24) is 14.5 Å². The van der Waals surface area contributed by atoms with E-state index in [1.165, 1.54) is 0 Å². The molecule has 0 aliphatic carbocycles. The monoisotopic (exact) mass is 1040 g/mol. The summed E-state index contributed by atoms with van der Waals surface area (Å²) in [5.41, 5.74) is 14.2. The van der Waals surface area contributed by atoms with Crippen LogP contribution < -0.4 is 0 Å². The summed E-state index contributed by atoms with van der Waals surface area (Å²) in [7, 11) is 0. The Bertz CT molecular complexity index is 3430. The second-order valence-electron chi connectivity index (χ2n) is 19.0. The van der Waals surface area contributed by atoms with E-state index < -0.39 is 13.7 Å². The number of aromatic hydroxyl groups is 1. The Morgan fingerprint density at radius 3 is 1.94 bits per heavy atom. The summed E-state index contributed by atoms with van der Waals surface area (Å²) in [6, 6.07) is 50.6. The molecule has 0 bridgehead atoms. The number of aryl methyl sites for hydroxylation is 4. The van der Waals surface area contributed by atoms with E-state index in [2.05, 4.69) is 71.9 Å². The van der Waals surface area contributed by atoms with Gasteiger partial charge in [0.25, 0.3) is 0 Å². The molecule has 0 unspecified atom stereocenters. The average Bonchev–Trinajstić information content (AvgIpc) is 3.71. The molecule has 9 aromatic rings. The van der Waals surface area contributed by atoms with Crippen molar-refractivity contribution in [1.29, 1.82) is 0 Å². The molecule has 0 aliphatic rings. The number of nitrogens with zero attached hydrogens (tertiary/aromatic N) is 3. The van der Waals surface area contributed by atoms with E-state index in [0.717, 1.165) is 61.2 Å². The third kappa shape index (κ3) is 8.90. The molecule has 2 heterocycles. The Hall–Kier alpha value is -6.35.